The molecule has 1 aromatic carbocycles. The molecule has 2 aliphatic rings. The number of carbonyl (C=O) groups is 1. The van der Waals surface area contributed by atoms with Gasteiger partial charge in [-0.2, -0.15) is 0 Å². The van der Waals surface area contributed by atoms with Crippen LogP contribution in [0.3, 0.4) is 0 Å². The lowest BCUT2D eigenvalue weighted by atomic mass is 9.99. The molecule has 0 aliphatic carbocycles. The minimum atomic E-state index is -0.785. The lowest BCUT2D eigenvalue weighted by molar-refractivity contribution is -0.00815. The Hall–Kier alpha value is -1.39. The molecule has 4 heteroatoms. The summed E-state index contributed by atoms with van der Waals surface area (Å²) < 4.78 is 0. The van der Waals surface area contributed by atoms with Crippen molar-refractivity contribution in [2.45, 2.75) is 25.6 Å². The molecule has 3 rings (SSSR count). The van der Waals surface area contributed by atoms with Crippen molar-refractivity contribution in [3.63, 3.8) is 0 Å². The van der Waals surface area contributed by atoms with E-state index >= 15 is 0 Å². The maximum atomic E-state index is 12.4. The van der Waals surface area contributed by atoms with Gasteiger partial charge in [-0.1, -0.05) is 31.5 Å². The van der Waals surface area contributed by atoms with Crippen LogP contribution in [0.15, 0.2) is 24.3 Å². The van der Waals surface area contributed by atoms with Crippen LogP contribution in [0.5, 0.6) is 0 Å². The summed E-state index contributed by atoms with van der Waals surface area (Å²) in [6, 6.07) is 7.44. The van der Waals surface area contributed by atoms with Crippen molar-refractivity contribution >= 4 is 5.91 Å². The van der Waals surface area contributed by atoms with Crippen LogP contribution in [0.25, 0.3) is 0 Å². The summed E-state index contributed by atoms with van der Waals surface area (Å²) in [5.74, 6) is 0.392. The highest BCUT2D eigenvalue weighted by Gasteiger charge is 2.43. The molecule has 0 saturated carbocycles. The maximum Gasteiger partial charge on any atom is 0.256 e. The fraction of sp³-hybridized carbons (Fsp3) is 0.500. The van der Waals surface area contributed by atoms with Crippen molar-refractivity contribution in [1.29, 1.82) is 0 Å². The van der Waals surface area contributed by atoms with Gasteiger partial charge in [0.05, 0.1) is 6.04 Å². The standard InChI is InChI=1S/C14H18N2O2/c1-2-9-7-15-8-12(9)16-13(17)10-5-3-4-6-11(10)14(16)18/h3-6,9,12-13,15,17H,2,7-8H2,1H3. The zero-order chi connectivity index (χ0) is 12.7. The lowest BCUT2D eigenvalue weighted by Gasteiger charge is -2.31. The summed E-state index contributed by atoms with van der Waals surface area (Å²) >= 11 is 0. The minimum Gasteiger partial charge on any atom is -0.369 e. The largest absolute Gasteiger partial charge is 0.369 e. The monoisotopic (exact) mass is 246 g/mol. The molecular weight excluding hydrogens is 228 g/mol. The van der Waals surface area contributed by atoms with E-state index < -0.39 is 6.23 Å². The van der Waals surface area contributed by atoms with Gasteiger partial charge in [-0.25, -0.2) is 0 Å². The quantitative estimate of drug-likeness (QED) is 0.822. The normalized spacial score (nSPS) is 30.9. The Morgan fingerprint density at radius 2 is 2.17 bits per heavy atom. The van der Waals surface area contributed by atoms with Crippen molar-refractivity contribution in [3.8, 4) is 0 Å². The van der Waals surface area contributed by atoms with Gasteiger partial charge in [0, 0.05) is 24.2 Å². The van der Waals surface area contributed by atoms with E-state index in [0.717, 1.165) is 25.1 Å². The van der Waals surface area contributed by atoms with E-state index in [4.69, 9.17) is 0 Å². The average Bonchev–Trinajstić information content (AvgIpc) is 2.95. The number of aliphatic hydroxyl groups excluding tert-OH is 1. The van der Waals surface area contributed by atoms with Crippen LogP contribution < -0.4 is 5.32 Å². The lowest BCUT2D eigenvalue weighted by Crippen LogP contribution is -2.43. The van der Waals surface area contributed by atoms with Gasteiger partial charge in [0.1, 0.15) is 0 Å². The second kappa shape index (κ2) is 4.37. The molecule has 96 valence electrons. The van der Waals surface area contributed by atoms with Gasteiger partial charge in [-0.15, -0.1) is 0 Å². The van der Waals surface area contributed by atoms with E-state index in [-0.39, 0.29) is 11.9 Å². The van der Waals surface area contributed by atoms with Gasteiger partial charge in [-0.05, 0) is 12.0 Å². The first-order valence-electron chi connectivity index (χ1n) is 6.54. The number of nitrogens with one attached hydrogen (secondary N) is 1. The van der Waals surface area contributed by atoms with Crippen LogP contribution in [-0.2, 0) is 0 Å². The van der Waals surface area contributed by atoms with Crippen molar-refractivity contribution in [2.75, 3.05) is 13.1 Å². The van der Waals surface area contributed by atoms with Gasteiger partial charge in [-0.3, -0.25) is 4.79 Å². The molecule has 2 aliphatic heterocycles. The average molecular weight is 246 g/mol. The Morgan fingerprint density at radius 1 is 1.39 bits per heavy atom. The fourth-order valence-electron chi connectivity index (χ4n) is 3.11. The van der Waals surface area contributed by atoms with Crippen LogP contribution >= 0.6 is 0 Å². The molecule has 1 saturated heterocycles. The summed E-state index contributed by atoms with van der Waals surface area (Å²) in [5, 5.41) is 13.7. The first-order chi connectivity index (χ1) is 8.74. The Bertz CT molecular complexity index is 475. The summed E-state index contributed by atoms with van der Waals surface area (Å²) in [7, 11) is 0. The molecule has 3 atom stereocenters. The molecule has 4 nitrogen and oxygen atoms in total. The number of fused-ring (bicyclic) bond motifs is 1. The van der Waals surface area contributed by atoms with Crippen molar-refractivity contribution < 1.29 is 9.90 Å². The Morgan fingerprint density at radius 3 is 2.89 bits per heavy atom. The highest BCUT2D eigenvalue weighted by molar-refractivity contribution is 5.99. The third kappa shape index (κ3) is 1.56. The second-order valence-electron chi connectivity index (χ2n) is 5.07. The summed E-state index contributed by atoms with van der Waals surface area (Å²) in [6.45, 7) is 3.83. The van der Waals surface area contributed by atoms with E-state index in [0.29, 0.717) is 11.5 Å². The Labute approximate surface area is 107 Å². The highest BCUT2D eigenvalue weighted by atomic mass is 16.3. The van der Waals surface area contributed by atoms with Gasteiger partial charge in [0.2, 0.25) is 0 Å². The molecule has 0 aromatic heterocycles. The van der Waals surface area contributed by atoms with Gasteiger partial charge in [0.25, 0.3) is 5.91 Å². The molecule has 0 radical (unpaired) electrons. The molecule has 1 amide bonds. The summed E-state index contributed by atoms with van der Waals surface area (Å²) in [4.78, 5) is 14.0. The molecule has 0 bridgehead atoms. The van der Waals surface area contributed by atoms with E-state index in [1.54, 1.807) is 11.0 Å². The zero-order valence-electron chi connectivity index (χ0n) is 10.5. The number of rotatable bonds is 2. The van der Waals surface area contributed by atoms with Crippen molar-refractivity contribution in [2.24, 2.45) is 5.92 Å². The number of hydrogen-bond donors (Lipinski definition) is 2. The Balaban J connectivity index is 1.94. The van der Waals surface area contributed by atoms with Gasteiger partial charge < -0.3 is 15.3 Å². The van der Waals surface area contributed by atoms with Crippen molar-refractivity contribution in [3.05, 3.63) is 35.4 Å². The van der Waals surface area contributed by atoms with Crippen LogP contribution in [0, 0.1) is 5.92 Å². The number of hydrogen-bond acceptors (Lipinski definition) is 3. The van der Waals surface area contributed by atoms with Crippen LogP contribution in [-0.4, -0.2) is 35.0 Å². The van der Waals surface area contributed by atoms with E-state index in [9.17, 15) is 9.90 Å². The first-order valence-corrected chi connectivity index (χ1v) is 6.54. The number of carbonyl (C=O) groups excluding carboxylic acids is 1. The van der Waals surface area contributed by atoms with E-state index in [2.05, 4.69) is 12.2 Å². The predicted octanol–water partition coefficient (Wildman–Crippen LogP) is 1.13. The number of nitrogens with zero attached hydrogens (tertiary/aromatic N) is 1. The Kier molecular flexibility index (Phi) is 2.84. The molecule has 2 heterocycles. The molecule has 3 unspecified atom stereocenters. The maximum absolute atomic E-state index is 12.4. The number of aliphatic hydroxyl groups is 1. The van der Waals surface area contributed by atoms with Gasteiger partial charge >= 0.3 is 0 Å². The predicted molar refractivity (Wildman–Crippen MR) is 68.0 cm³/mol. The molecule has 1 aromatic rings. The molecule has 1 fully saturated rings. The molecular formula is C14H18N2O2. The number of benzene rings is 1. The first kappa shape index (κ1) is 11.7. The number of amides is 1. The molecule has 2 N–H and O–H groups in total. The molecule has 0 spiro atoms. The van der Waals surface area contributed by atoms with Crippen molar-refractivity contribution in [1.82, 2.24) is 10.2 Å². The second-order valence-corrected chi connectivity index (χ2v) is 5.07. The van der Waals surface area contributed by atoms with Crippen LogP contribution in [0.1, 0.15) is 35.5 Å². The zero-order valence-corrected chi connectivity index (χ0v) is 10.5. The summed E-state index contributed by atoms with van der Waals surface area (Å²) in [5.41, 5.74) is 1.39. The van der Waals surface area contributed by atoms with E-state index in [1.165, 1.54) is 0 Å². The third-order valence-electron chi connectivity index (χ3n) is 4.15. The highest BCUT2D eigenvalue weighted by Crippen LogP contribution is 2.36. The minimum absolute atomic E-state index is 0.0368. The fourth-order valence-corrected chi connectivity index (χ4v) is 3.11. The van der Waals surface area contributed by atoms with Crippen LogP contribution in [0.4, 0.5) is 0 Å². The molecule has 18 heavy (non-hydrogen) atoms. The van der Waals surface area contributed by atoms with Gasteiger partial charge in [0.15, 0.2) is 6.23 Å². The SMILES string of the molecule is CCC1CNCC1N1C(=O)c2ccccc2C1O. The third-order valence-corrected chi connectivity index (χ3v) is 4.15. The van der Waals surface area contributed by atoms with E-state index in [1.807, 2.05) is 18.2 Å². The smallest absolute Gasteiger partial charge is 0.256 e. The summed E-state index contributed by atoms with van der Waals surface area (Å²) in [6.07, 6.45) is 0.234. The topological polar surface area (TPSA) is 52.6 Å². The van der Waals surface area contributed by atoms with Crippen LogP contribution in [0.2, 0.25) is 0 Å².